The van der Waals surface area contributed by atoms with Gasteiger partial charge in [-0.2, -0.15) is 0 Å². The van der Waals surface area contributed by atoms with Crippen molar-refractivity contribution in [2.45, 2.75) is 19.8 Å². The van der Waals surface area contributed by atoms with Gasteiger partial charge in [0.15, 0.2) is 0 Å². The summed E-state index contributed by atoms with van der Waals surface area (Å²) in [5, 5.41) is 7.49. The SMILES string of the molecule is C[C@H]1C[C@H]1C(=O)NCC(=O)NCCc1cccs1. The summed E-state index contributed by atoms with van der Waals surface area (Å²) in [5.74, 6) is 0.500. The molecule has 0 radical (unpaired) electrons. The number of thiophene rings is 1. The largest absolute Gasteiger partial charge is 0.354 e. The fraction of sp³-hybridized carbons (Fsp3) is 0.538. The molecular formula is C13H18N2O2S. The summed E-state index contributed by atoms with van der Waals surface area (Å²) in [7, 11) is 0. The monoisotopic (exact) mass is 266 g/mol. The van der Waals surface area contributed by atoms with Gasteiger partial charge in [0.05, 0.1) is 6.54 Å². The van der Waals surface area contributed by atoms with Gasteiger partial charge in [-0.05, 0) is 30.2 Å². The van der Waals surface area contributed by atoms with Gasteiger partial charge in [0.2, 0.25) is 11.8 Å². The molecule has 98 valence electrons. The van der Waals surface area contributed by atoms with Crippen molar-refractivity contribution in [3.8, 4) is 0 Å². The van der Waals surface area contributed by atoms with Crippen LogP contribution in [0, 0.1) is 11.8 Å². The van der Waals surface area contributed by atoms with Crippen molar-refractivity contribution in [2.24, 2.45) is 11.8 Å². The average Bonchev–Trinajstić information content (AvgIpc) is 2.87. The Kier molecular flexibility index (Phi) is 4.36. The quantitative estimate of drug-likeness (QED) is 0.812. The molecule has 0 saturated heterocycles. The van der Waals surface area contributed by atoms with E-state index < -0.39 is 0 Å². The lowest BCUT2D eigenvalue weighted by molar-refractivity contribution is -0.126. The van der Waals surface area contributed by atoms with E-state index in [-0.39, 0.29) is 24.3 Å². The Balaban J connectivity index is 1.56. The molecule has 2 amide bonds. The normalized spacial score (nSPS) is 21.4. The van der Waals surface area contributed by atoms with Crippen LogP contribution in [0.15, 0.2) is 17.5 Å². The van der Waals surface area contributed by atoms with Gasteiger partial charge < -0.3 is 10.6 Å². The van der Waals surface area contributed by atoms with E-state index in [0.29, 0.717) is 12.5 Å². The molecule has 1 aromatic heterocycles. The van der Waals surface area contributed by atoms with Crippen LogP contribution in [0.25, 0.3) is 0 Å². The molecule has 1 heterocycles. The molecule has 2 N–H and O–H groups in total. The molecule has 0 aromatic carbocycles. The van der Waals surface area contributed by atoms with Crippen LogP contribution >= 0.6 is 11.3 Å². The molecule has 1 saturated carbocycles. The number of hydrogen-bond donors (Lipinski definition) is 2. The molecular weight excluding hydrogens is 248 g/mol. The predicted molar refractivity (Wildman–Crippen MR) is 71.3 cm³/mol. The van der Waals surface area contributed by atoms with Crippen molar-refractivity contribution in [1.82, 2.24) is 10.6 Å². The van der Waals surface area contributed by atoms with Crippen molar-refractivity contribution < 1.29 is 9.59 Å². The third kappa shape index (κ3) is 3.84. The standard InChI is InChI=1S/C13H18N2O2S/c1-9-7-11(9)13(17)15-8-12(16)14-5-4-10-3-2-6-18-10/h2-3,6,9,11H,4-5,7-8H2,1H3,(H,14,16)(H,15,17)/t9-,11+/m0/s1. The van der Waals surface area contributed by atoms with Gasteiger partial charge in [-0.3, -0.25) is 9.59 Å². The van der Waals surface area contributed by atoms with Crippen molar-refractivity contribution in [1.29, 1.82) is 0 Å². The smallest absolute Gasteiger partial charge is 0.239 e. The van der Waals surface area contributed by atoms with E-state index in [1.807, 2.05) is 24.4 Å². The zero-order valence-electron chi connectivity index (χ0n) is 10.4. The van der Waals surface area contributed by atoms with E-state index in [4.69, 9.17) is 0 Å². The van der Waals surface area contributed by atoms with Crippen molar-refractivity contribution in [3.05, 3.63) is 22.4 Å². The maximum Gasteiger partial charge on any atom is 0.239 e. The average molecular weight is 266 g/mol. The van der Waals surface area contributed by atoms with Crippen LogP contribution < -0.4 is 10.6 Å². The Bertz CT molecular complexity index is 417. The minimum absolute atomic E-state index is 0.0101. The number of amides is 2. The predicted octanol–water partition coefficient (Wildman–Crippen LogP) is 1.18. The molecule has 1 fully saturated rings. The Morgan fingerprint density at radius 1 is 1.44 bits per heavy atom. The van der Waals surface area contributed by atoms with Crippen LogP contribution in [0.5, 0.6) is 0 Å². The number of carbonyl (C=O) groups excluding carboxylic acids is 2. The van der Waals surface area contributed by atoms with Crippen LogP contribution in [0.1, 0.15) is 18.2 Å². The molecule has 18 heavy (non-hydrogen) atoms. The molecule has 2 atom stereocenters. The summed E-state index contributed by atoms with van der Waals surface area (Å²) in [5.41, 5.74) is 0. The highest BCUT2D eigenvalue weighted by Gasteiger charge is 2.38. The molecule has 0 unspecified atom stereocenters. The topological polar surface area (TPSA) is 58.2 Å². The molecule has 1 aliphatic rings. The van der Waals surface area contributed by atoms with Crippen LogP contribution in [0.4, 0.5) is 0 Å². The minimum Gasteiger partial charge on any atom is -0.354 e. The molecule has 0 aliphatic heterocycles. The number of hydrogen-bond acceptors (Lipinski definition) is 3. The highest BCUT2D eigenvalue weighted by atomic mass is 32.1. The first-order valence-electron chi connectivity index (χ1n) is 6.23. The zero-order chi connectivity index (χ0) is 13.0. The number of nitrogens with one attached hydrogen (secondary N) is 2. The first-order chi connectivity index (χ1) is 8.66. The van der Waals surface area contributed by atoms with Crippen LogP contribution in [-0.2, 0) is 16.0 Å². The summed E-state index contributed by atoms with van der Waals surface area (Å²) in [6.07, 6.45) is 1.79. The molecule has 1 aromatic rings. The summed E-state index contributed by atoms with van der Waals surface area (Å²) >= 11 is 1.68. The lowest BCUT2D eigenvalue weighted by Gasteiger charge is -2.06. The van der Waals surface area contributed by atoms with Gasteiger partial charge in [0, 0.05) is 17.3 Å². The molecule has 5 heteroatoms. The second-order valence-corrected chi connectivity index (χ2v) is 5.75. The summed E-state index contributed by atoms with van der Waals surface area (Å²) in [6.45, 7) is 2.76. The zero-order valence-corrected chi connectivity index (χ0v) is 11.3. The minimum atomic E-state index is -0.117. The Morgan fingerprint density at radius 3 is 2.83 bits per heavy atom. The third-order valence-electron chi connectivity index (χ3n) is 3.14. The van der Waals surface area contributed by atoms with Crippen molar-refractivity contribution >= 4 is 23.2 Å². The van der Waals surface area contributed by atoms with Crippen molar-refractivity contribution in [3.63, 3.8) is 0 Å². The van der Waals surface area contributed by atoms with E-state index in [1.54, 1.807) is 11.3 Å². The first kappa shape index (κ1) is 13.1. The Labute approximate surface area is 111 Å². The van der Waals surface area contributed by atoms with E-state index in [9.17, 15) is 9.59 Å². The molecule has 0 bridgehead atoms. The van der Waals surface area contributed by atoms with E-state index >= 15 is 0 Å². The van der Waals surface area contributed by atoms with E-state index in [0.717, 1.165) is 12.8 Å². The maximum atomic E-state index is 11.5. The molecule has 4 nitrogen and oxygen atoms in total. The first-order valence-corrected chi connectivity index (χ1v) is 7.11. The second kappa shape index (κ2) is 6.00. The summed E-state index contributed by atoms with van der Waals surface area (Å²) < 4.78 is 0. The summed E-state index contributed by atoms with van der Waals surface area (Å²) in [4.78, 5) is 24.2. The number of rotatable bonds is 6. The van der Waals surface area contributed by atoms with Crippen molar-refractivity contribution in [2.75, 3.05) is 13.1 Å². The van der Waals surface area contributed by atoms with Gasteiger partial charge in [-0.15, -0.1) is 11.3 Å². The fourth-order valence-electron chi connectivity index (χ4n) is 1.83. The maximum absolute atomic E-state index is 11.5. The highest BCUT2D eigenvalue weighted by molar-refractivity contribution is 7.09. The second-order valence-electron chi connectivity index (χ2n) is 4.72. The molecule has 0 spiro atoms. The van der Waals surface area contributed by atoms with Gasteiger partial charge in [-0.1, -0.05) is 13.0 Å². The van der Waals surface area contributed by atoms with E-state index in [1.165, 1.54) is 4.88 Å². The lowest BCUT2D eigenvalue weighted by Crippen LogP contribution is -2.38. The van der Waals surface area contributed by atoms with Gasteiger partial charge in [-0.25, -0.2) is 0 Å². The number of carbonyl (C=O) groups is 2. The summed E-state index contributed by atoms with van der Waals surface area (Å²) in [6, 6.07) is 4.05. The van der Waals surface area contributed by atoms with Gasteiger partial charge >= 0.3 is 0 Å². The fourth-order valence-corrected chi connectivity index (χ4v) is 2.54. The van der Waals surface area contributed by atoms with Crippen LogP contribution in [0.3, 0.4) is 0 Å². The van der Waals surface area contributed by atoms with E-state index in [2.05, 4.69) is 10.6 Å². The Morgan fingerprint density at radius 2 is 2.22 bits per heavy atom. The Hall–Kier alpha value is -1.36. The lowest BCUT2D eigenvalue weighted by atomic mass is 10.3. The highest BCUT2D eigenvalue weighted by Crippen LogP contribution is 2.37. The van der Waals surface area contributed by atoms with Crippen LogP contribution in [-0.4, -0.2) is 24.9 Å². The van der Waals surface area contributed by atoms with Crippen LogP contribution in [0.2, 0.25) is 0 Å². The third-order valence-corrected chi connectivity index (χ3v) is 4.08. The molecule has 2 rings (SSSR count). The van der Waals surface area contributed by atoms with Gasteiger partial charge in [0.1, 0.15) is 0 Å². The van der Waals surface area contributed by atoms with Gasteiger partial charge in [0.25, 0.3) is 0 Å². The molecule has 1 aliphatic carbocycles.